The molecule has 14 heavy (non-hydrogen) atoms. The lowest BCUT2D eigenvalue weighted by atomic mass is 9.89. The minimum atomic E-state index is -0.226. The van der Waals surface area contributed by atoms with Crippen LogP contribution in [0, 0.1) is 11.3 Å². The van der Waals surface area contributed by atoms with Crippen LogP contribution in [0.25, 0.3) is 0 Å². The van der Waals surface area contributed by atoms with Gasteiger partial charge in [0.1, 0.15) is 0 Å². The third kappa shape index (κ3) is 7.34. The fourth-order valence-corrected chi connectivity index (χ4v) is 1.34. The van der Waals surface area contributed by atoms with Gasteiger partial charge in [-0.15, -0.1) is 0 Å². The fraction of sp³-hybridized carbons (Fsp3) is 1.00. The molecular weight excluding hydrogens is 174 g/mol. The Labute approximate surface area is 89.1 Å². The molecule has 0 spiro atoms. The van der Waals surface area contributed by atoms with Crippen LogP contribution in [0.4, 0.5) is 0 Å². The Morgan fingerprint density at radius 1 is 1.14 bits per heavy atom. The maximum atomic E-state index is 9.75. The number of aliphatic hydroxyl groups is 1. The molecule has 2 heteroatoms. The molecule has 0 bridgehead atoms. The van der Waals surface area contributed by atoms with Crippen LogP contribution in [0.2, 0.25) is 0 Å². The molecule has 2 N–H and O–H groups in total. The van der Waals surface area contributed by atoms with Gasteiger partial charge < -0.3 is 10.4 Å². The lowest BCUT2D eigenvalue weighted by Crippen LogP contribution is -2.38. The van der Waals surface area contributed by atoms with E-state index in [1.54, 1.807) is 0 Å². The van der Waals surface area contributed by atoms with Crippen molar-refractivity contribution in [2.24, 2.45) is 11.3 Å². The Bertz CT molecular complexity index is 149. The Morgan fingerprint density at radius 2 is 1.64 bits per heavy atom. The Kier molecular flexibility index (Phi) is 5.68. The molecule has 2 nitrogen and oxygen atoms in total. The molecule has 0 aliphatic carbocycles. The summed E-state index contributed by atoms with van der Waals surface area (Å²) in [6, 6.07) is 0.476. The first kappa shape index (κ1) is 13.9. The zero-order valence-electron chi connectivity index (χ0n) is 10.6. The highest BCUT2D eigenvalue weighted by Crippen LogP contribution is 2.20. The van der Waals surface area contributed by atoms with Gasteiger partial charge >= 0.3 is 0 Å². The highest BCUT2D eigenvalue weighted by Gasteiger charge is 2.17. The van der Waals surface area contributed by atoms with Gasteiger partial charge in [0.05, 0.1) is 6.10 Å². The standard InChI is InChI=1S/C12H27NO/c1-9(2)10(3)13-8-11(14)7-12(4,5)6/h9-11,13-14H,7-8H2,1-6H3. The maximum absolute atomic E-state index is 9.75. The van der Waals surface area contributed by atoms with Crippen molar-refractivity contribution in [1.29, 1.82) is 0 Å². The van der Waals surface area contributed by atoms with Crippen molar-refractivity contribution < 1.29 is 5.11 Å². The second-order valence-corrected chi connectivity index (χ2v) is 5.86. The molecule has 2 unspecified atom stereocenters. The number of aliphatic hydroxyl groups excluding tert-OH is 1. The minimum Gasteiger partial charge on any atom is -0.392 e. The normalized spacial score (nSPS) is 17.1. The van der Waals surface area contributed by atoms with Crippen LogP contribution in [0.5, 0.6) is 0 Å². The average Bonchev–Trinajstić information content (AvgIpc) is 1.96. The molecule has 0 saturated carbocycles. The van der Waals surface area contributed by atoms with E-state index in [1.807, 2.05) is 0 Å². The number of hydrogen-bond acceptors (Lipinski definition) is 2. The van der Waals surface area contributed by atoms with Crippen LogP contribution in [-0.4, -0.2) is 23.8 Å². The van der Waals surface area contributed by atoms with Gasteiger partial charge in [0.2, 0.25) is 0 Å². The molecule has 0 fully saturated rings. The number of rotatable bonds is 5. The third-order valence-electron chi connectivity index (χ3n) is 2.52. The lowest BCUT2D eigenvalue weighted by Gasteiger charge is -2.25. The molecule has 0 aliphatic heterocycles. The summed E-state index contributed by atoms with van der Waals surface area (Å²) >= 11 is 0. The summed E-state index contributed by atoms with van der Waals surface area (Å²) in [4.78, 5) is 0. The van der Waals surface area contributed by atoms with E-state index in [4.69, 9.17) is 0 Å². The first-order chi connectivity index (χ1) is 6.22. The van der Waals surface area contributed by atoms with Crippen molar-refractivity contribution in [3.05, 3.63) is 0 Å². The molecule has 0 heterocycles. The molecule has 0 aromatic rings. The molecule has 86 valence electrons. The van der Waals surface area contributed by atoms with Crippen molar-refractivity contribution in [3.63, 3.8) is 0 Å². The Hall–Kier alpha value is -0.0800. The molecule has 0 saturated heterocycles. The summed E-state index contributed by atoms with van der Waals surface area (Å²) < 4.78 is 0. The second kappa shape index (κ2) is 5.72. The van der Waals surface area contributed by atoms with Gasteiger partial charge in [0.15, 0.2) is 0 Å². The van der Waals surface area contributed by atoms with Gasteiger partial charge in [0, 0.05) is 12.6 Å². The smallest absolute Gasteiger partial charge is 0.0669 e. The van der Waals surface area contributed by atoms with Crippen molar-refractivity contribution in [3.8, 4) is 0 Å². The van der Waals surface area contributed by atoms with Gasteiger partial charge in [-0.05, 0) is 24.7 Å². The summed E-state index contributed by atoms with van der Waals surface area (Å²) in [7, 11) is 0. The predicted octanol–water partition coefficient (Wildman–Crippen LogP) is 2.42. The van der Waals surface area contributed by atoms with E-state index in [1.165, 1.54) is 0 Å². The van der Waals surface area contributed by atoms with Crippen LogP contribution < -0.4 is 5.32 Å². The van der Waals surface area contributed by atoms with E-state index in [0.717, 1.165) is 6.42 Å². The van der Waals surface area contributed by atoms with E-state index in [9.17, 15) is 5.11 Å². The first-order valence-electron chi connectivity index (χ1n) is 5.64. The van der Waals surface area contributed by atoms with Gasteiger partial charge in [-0.3, -0.25) is 0 Å². The molecule has 0 aromatic carbocycles. The third-order valence-corrected chi connectivity index (χ3v) is 2.52. The molecule has 0 aliphatic rings. The molecule has 0 aromatic heterocycles. The molecule has 0 rings (SSSR count). The monoisotopic (exact) mass is 201 g/mol. The van der Waals surface area contributed by atoms with Crippen LogP contribution in [0.3, 0.4) is 0 Å². The highest BCUT2D eigenvalue weighted by atomic mass is 16.3. The van der Waals surface area contributed by atoms with Crippen molar-refractivity contribution >= 4 is 0 Å². The van der Waals surface area contributed by atoms with Crippen LogP contribution in [0.1, 0.15) is 48.0 Å². The molecule has 0 amide bonds. The predicted molar refractivity (Wildman–Crippen MR) is 62.4 cm³/mol. The van der Waals surface area contributed by atoms with Crippen LogP contribution in [-0.2, 0) is 0 Å². The SMILES string of the molecule is CC(C)C(C)NCC(O)CC(C)(C)C. The molecule has 2 atom stereocenters. The Balaban J connectivity index is 3.69. The molecule has 0 radical (unpaired) electrons. The average molecular weight is 201 g/mol. The highest BCUT2D eigenvalue weighted by molar-refractivity contribution is 4.72. The van der Waals surface area contributed by atoms with Crippen LogP contribution in [0.15, 0.2) is 0 Å². The summed E-state index contributed by atoms with van der Waals surface area (Å²) in [6.07, 6.45) is 0.626. The number of nitrogens with one attached hydrogen (secondary N) is 1. The first-order valence-corrected chi connectivity index (χ1v) is 5.64. The largest absolute Gasteiger partial charge is 0.392 e. The lowest BCUT2D eigenvalue weighted by molar-refractivity contribution is 0.115. The van der Waals surface area contributed by atoms with E-state index in [-0.39, 0.29) is 11.5 Å². The minimum absolute atomic E-state index is 0.210. The zero-order valence-corrected chi connectivity index (χ0v) is 10.6. The Morgan fingerprint density at radius 3 is 2.00 bits per heavy atom. The zero-order chi connectivity index (χ0) is 11.4. The summed E-state index contributed by atoms with van der Waals surface area (Å²) in [6.45, 7) is 13.7. The van der Waals surface area contributed by atoms with Gasteiger partial charge in [-0.25, -0.2) is 0 Å². The summed E-state index contributed by atoms with van der Waals surface area (Å²) in [5.41, 5.74) is 0.210. The van der Waals surface area contributed by atoms with Crippen molar-refractivity contribution in [1.82, 2.24) is 5.32 Å². The quantitative estimate of drug-likeness (QED) is 0.716. The topological polar surface area (TPSA) is 32.3 Å². The van der Waals surface area contributed by atoms with Crippen molar-refractivity contribution in [2.75, 3.05) is 6.54 Å². The van der Waals surface area contributed by atoms with E-state index >= 15 is 0 Å². The van der Waals surface area contributed by atoms with E-state index in [0.29, 0.717) is 18.5 Å². The van der Waals surface area contributed by atoms with E-state index < -0.39 is 0 Å². The number of hydrogen-bond donors (Lipinski definition) is 2. The second-order valence-electron chi connectivity index (χ2n) is 5.86. The van der Waals surface area contributed by atoms with Crippen LogP contribution >= 0.6 is 0 Å². The van der Waals surface area contributed by atoms with Gasteiger partial charge in [-0.2, -0.15) is 0 Å². The van der Waals surface area contributed by atoms with E-state index in [2.05, 4.69) is 46.9 Å². The maximum Gasteiger partial charge on any atom is 0.0669 e. The fourth-order valence-electron chi connectivity index (χ4n) is 1.34. The summed E-state index contributed by atoms with van der Waals surface area (Å²) in [5.74, 6) is 0.622. The molecular formula is C12H27NO. The van der Waals surface area contributed by atoms with Crippen molar-refractivity contribution in [2.45, 2.75) is 60.1 Å². The van der Waals surface area contributed by atoms with Gasteiger partial charge in [0.25, 0.3) is 0 Å². The van der Waals surface area contributed by atoms with Gasteiger partial charge in [-0.1, -0.05) is 34.6 Å². The summed E-state index contributed by atoms with van der Waals surface area (Å²) in [5, 5.41) is 13.1.